The number of aryl methyl sites for hydroxylation is 1. The zero-order chi connectivity index (χ0) is 31.1. The van der Waals surface area contributed by atoms with Crippen LogP contribution in [0.2, 0.25) is 0 Å². The number of nitrogens with zero attached hydrogens (tertiary/aromatic N) is 1. The van der Waals surface area contributed by atoms with Crippen LogP contribution in [0.1, 0.15) is 43.4 Å². The molecule has 3 aromatic carbocycles. The first-order valence-corrected chi connectivity index (χ1v) is 16.2. The fourth-order valence-electron chi connectivity index (χ4n) is 4.55. The molecule has 0 radical (unpaired) electrons. The highest BCUT2D eigenvalue weighted by Gasteiger charge is 2.15. The first-order chi connectivity index (χ1) is 21.5. The summed E-state index contributed by atoms with van der Waals surface area (Å²) in [4.78, 5) is 17.6. The summed E-state index contributed by atoms with van der Waals surface area (Å²) in [6, 6.07) is 22.8. The number of amides is 1. The molecule has 0 saturated heterocycles. The third-order valence-corrected chi connectivity index (χ3v) is 8.40. The van der Waals surface area contributed by atoms with Crippen molar-refractivity contribution in [3.8, 4) is 22.6 Å². The number of hydrogen-bond donors (Lipinski definition) is 1. The molecule has 0 unspecified atom stereocenters. The Morgan fingerprint density at radius 1 is 0.932 bits per heavy atom. The van der Waals surface area contributed by atoms with Crippen molar-refractivity contribution in [1.29, 1.82) is 0 Å². The fraction of sp³-hybridized carbons (Fsp3) is 0.278. The van der Waals surface area contributed by atoms with Crippen LogP contribution < -0.4 is 14.8 Å². The highest BCUT2D eigenvalue weighted by atomic mass is 32.2. The zero-order valence-corrected chi connectivity index (χ0v) is 26.4. The molecule has 0 aliphatic rings. The van der Waals surface area contributed by atoms with Crippen LogP contribution in [0.5, 0.6) is 11.5 Å². The van der Waals surface area contributed by atoms with Gasteiger partial charge in [0, 0.05) is 41.9 Å². The molecule has 0 aliphatic carbocycles. The first-order valence-electron chi connectivity index (χ1n) is 14.9. The monoisotopic (exact) mass is 612 g/mol. The lowest BCUT2D eigenvalue weighted by atomic mass is 10.0. The fourth-order valence-corrected chi connectivity index (χ4v) is 5.70. The van der Waals surface area contributed by atoms with Crippen molar-refractivity contribution in [2.24, 2.45) is 0 Å². The van der Waals surface area contributed by atoms with E-state index in [1.807, 2.05) is 48.5 Å². The maximum Gasteiger partial charge on any atom is 0.248 e. The van der Waals surface area contributed by atoms with Crippen LogP contribution in [0.3, 0.4) is 0 Å². The average molecular weight is 613 g/mol. The number of methoxy groups -OCH3 is 1. The van der Waals surface area contributed by atoms with Gasteiger partial charge in [0.2, 0.25) is 5.91 Å². The molecule has 0 spiro atoms. The van der Waals surface area contributed by atoms with Gasteiger partial charge in [-0.15, -0.1) is 0 Å². The number of aromatic nitrogens is 1. The smallest absolute Gasteiger partial charge is 0.248 e. The topological polar surface area (TPSA) is 92.7 Å². The first kappa shape index (κ1) is 32.8. The van der Waals surface area contributed by atoms with E-state index in [0.29, 0.717) is 35.3 Å². The average Bonchev–Trinajstić information content (AvgIpc) is 3.06. The number of benzene rings is 3. The van der Waals surface area contributed by atoms with Gasteiger partial charge in [0.25, 0.3) is 0 Å². The summed E-state index contributed by atoms with van der Waals surface area (Å²) in [6.07, 6.45) is 9.78. The number of unbranched alkanes of at least 4 members (excludes halogenated alkanes) is 1. The summed E-state index contributed by atoms with van der Waals surface area (Å²) in [7, 11) is 1.60. The largest absolute Gasteiger partial charge is 0.611 e. The van der Waals surface area contributed by atoms with E-state index in [1.165, 1.54) is 6.08 Å². The maximum absolute atomic E-state index is 12.9. The number of carbonyl (C=O) groups excluding carboxylic acids is 1. The SMILES string of the molecule is CCCCOCCOc1ccc(-c2ccc(OC)c(/C=C/C(=O)Nc3ccc([S@@+]([O-])Cc4cnccc4CC)cc3)c2)cc1. The predicted octanol–water partition coefficient (Wildman–Crippen LogP) is 7.47. The van der Waals surface area contributed by atoms with Gasteiger partial charge in [0.05, 0.1) is 13.7 Å². The predicted molar refractivity (Wildman–Crippen MR) is 177 cm³/mol. The number of hydrogen-bond acceptors (Lipinski definition) is 6. The van der Waals surface area contributed by atoms with Gasteiger partial charge < -0.3 is 24.1 Å². The highest BCUT2D eigenvalue weighted by molar-refractivity contribution is 7.90. The Labute approximate surface area is 263 Å². The number of rotatable bonds is 16. The molecule has 1 amide bonds. The Kier molecular flexibility index (Phi) is 12.9. The summed E-state index contributed by atoms with van der Waals surface area (Å²) in [6.45, 7) is 6.06. The minimum absolute atomic E-state index is 0.283. The lowest BCUT2D eigenvalue weighted by Gasteiger charge is -2.13. The summed E-state index contributed by atoms with van der Waals surface area (Å²) >= 11 is -1.22. The Morgan fingerprint density at radius 3 is 2.43 bits per heavy atom. The van der Waals surface area contributed by atoms with Gasteiger partial charge in [-0.3, -0.25) is 9.78 Å². The quantitative estimate of drug-likeness (QED) is 0.0802. The molecule has 4 rings (SSSR count). The molecule has 4 aromatic rings. The molecule has 1 atom stereocenters. The van der Waals surface area contributed by atoms with Crippen molar-refractivity contribution in [1.82, 2.24) is 4.98 Å². The van der Waals surface area contributed by atoms with Crippen molar-refractivity contribution < 1.29 is 23.6 Å². The molecule has 7 nitrogen and oxygen atoms in total. The van der Waals surface area contributed by atoms with Crippen LogP contribution in [0, 0.1) is 0 Å². The molecule has 1 aromatic heterocycles. The van der Waals surface area contributed by atoms with Crippen LogP contribution in [0.25, 0.3) is 17.2 Å². The van der Waals surface area contributed by atoms with Gasteiger partial charge in [-0.05, 0) is 101 Å². The van der Waals surface area contributed by atoms with Crippen molar-refractivity contribution in [2.75, 3.05) is 32.2 Å². The van der Waals surface area contributed by atoms with E-state index in [0.717, 1.165) is 59.4 Å². The van der Waals surface area contributed by atoms with Gasteiger partial charge in [0.15, 0.2) is 4.90 Å². The van der Waals surface area contributed by atoms with Gasteiger partial charge in [-0.2, -0.15) is 0 Å². The van der Waals surface area contributed by atoms with Crippen LogP contribution in [0.4, 0.5) is 5.69 Å². The Morgan fingerprint density at radius 2 is 1.70 bits per heavy atom. The summed E-state index contributed by atoms with van der Waals surface area (Å²) in [5, 5.41) is 2.87. The standard InChI is InChI=1S/C36H40N2O5S/c1-4-6-21-42-22-23-43-33-13-7-28(8-14-33)29-9-17-35(41-3)30(24-29)10-18-36(39)38-32-11-15-34(16-12-32)44(40)26-31-25-37-20-19-27(31)5-2/h7-20,24-25H,4-6,21-23,26H2,1-3H3,(H,38,39)/b18-10+/t44-/m0/s1. The zero-order valence-electron chi connectivity index (χ0n) is 25.6. The Balaban J connectivity index is 1.34. The van der Waals surface area contributed by atoms with Crippen LogP contribution in [-0.4, -0.2) is 42.4 Å². The van der Waals surface area contributed by atoms with Crippen molar-refractivity contribution in [2.45, 2.75) is 43.8 Å². The Hall–Kier alpha value is -4.11. The number of ether oxygens (including phenoxy) is 3. The molecule has 230 valence electrons. The van der Waals surface area contributed by atoms with E-state index in [4.69, 9.17) is 14.2 Å². The summed E-state index contributed by atoms with van der Waals surface area (Å²) in [5.41, 5.74) is 5.53. The van der Waals surface area contributed by atoms with E-state index >= 15 is 0 Å². The van der Waals surface area contributed by atoms with E-state index in [2.05, 4.69) is 24.1 Å². The molecule has 0 bridgehead atoms. The minimum atomic E-state index is -1.22. The van der Waals surface area contributed by atoms with Crippen molar-refractivity contribution in [3.63, 3.8) is 0 Å². The molecule has 0 fully saturated rings. The van der Waals surface area contributed by atoms with Gasteiger partial charge in [-0.1, -0.05) is 38.5 Å². The van der Waals surface area contributed by atoms with Gasteiger partial charge >= 0.3 is 0 Å². The van der Waals surface area contributed by atoms with E-state index < -0.39 is 11.2 Å². The minimum Gasteiger partial charge on any atom is -0.611 e. The molecule has 44 heavy (non-hydrogen) atoms. The lowest BCUT2D eigenvalue weighted by molar-refractivity contribution is -0.111. The Bertz CT molecular complexity index is 1510. The third kappa shape index (κ3) is 9.71. The molecular weight excluding hydrogens is 572 g/mol. The van der Waals surface area contributed by atoms with Crippen molar-refractivity contribution in [3.05, 3.63) is 108 Å². The second kappa shape index (κ2) is 17.3. The molecule has 1 N–H and O–H groups in total. The summed E-state index contributed by atoms with van der Waals surface area (Å²) < 4.78 is 29.8. The lowest BCUT2D eigenvalue weighted by Crippen LogP contribution is -2.09. The number of anilines is 1. The highest BCUT2D eigenvalue weighted by Crippen LogP contribution is 2.29. The number of carbonyl (C=O) groups is 1. The second-order valence-electron chi connectivity index (χ2n) is 10.1. The third-order valence-electron chi connectivity index (χ3n) is 7.03. The molecule has 0 aliphatic heterocycles. The van der Waals surface area contributed by atoms with Crippen LogP contribution in [-0.2, 0) is 32.9 Å². The molecule has 0 saturated carbocycles. The number of nitrogens with one attached hydrogen (secondary N) is 1. The second-order valence-corrected chi connectivity index (χ2v) is 11.6. The summed E-state index contributed by atoms with van der Waals surface area (Å²) in [5.74, 6) is 1.57. The maximum atomic E-state index is 12.9. The van der Waals surface area contributed by atoms with E-state index in [9.17, 15) is 9.35 Å². The van der Waals surface area contributed by atoms with Gasteiger partial charge in [0.1, 0.15) is 23.9 Å². The molecule has 8 heteroatoms. The normalized spacial score (nSPS) is 11.8. The van der Waals surface area contributed by atoms with E-state index in [1.54, 1.807) is 49.8 Å². The molecule has 1 heterocycles. The molecular formula is C36H40N2O5S. The van der Waals surface area contributed by atoms with Crippen LogP contribution >= 0.6 is 0 Å². The van der Waals surface area contributed by atoms with Crippen molar-refractivity contribution >= 4 is 28.8 Å². The van der Waals surface area contributed by atoms with E-state index in [-0.39, 0.29) is 5.91 Å². The number of pyridine rings is 1. The van der Waals surface area contributed by atoms with Crippen LogP contribution in [0.15, 0.2) is 96.2 Å². The van der Waals surface area contributed by atoms with Gasteiger partial charge in [-0.25, -0.2) is 0 Å².